The standard InChI is InChI=1S/C18H24N2/c1-3-11-20-18(4-2)17-9-7-15(8-10-17)13-16-6-5-12-19-14-16/h5-10,12,14,18,20H,3-4,11,13H2,1-2H3. The number of benzene rings is 1. The normalized spacial score (nSPS) is 12.3. The van der Waals surface area contributed by atoms with Crippen LogP contribution in [0, 0.1) is 0 Å². The van der Waals surface area contributed by atoms with Gasteiger partial charge in [-0.3, -0.25) is 4.98 Å². The van der Waals surface area contributed by atoms with E-state index in [1.54, 1.807) is 0 Å². The van der Waals surface area contributed by atoms with Crippen molar-refractivity contribution in [2.24, 2.45) is 0 Å². The number of nitrogens with one attached hydrogen (secondary N) is 1. The topological polar surface area (TPSA) is 24.9 Å². The summed E-state index contributed by atoms with van der Waals surface area (Å²) in [5.41, 5.74) is 3.99. The zero-order valence-corrected chi connectivity index (χ0v) is 12.5. The van der Waals surface area contributed by atoms with Crippen LogP contribution >= 0.6 is 0 Å². The molecule has 1 unspecified atom stereocenters. The van der Waals surface area contributed by atoms with Gasteiger partial charge in [-0.15, -0.1) is 0 Å². The molecule has 2 nitrogen and oxygen atoms in total. The molecule has 0 amide bonds. The third kappa shape index (κ3) is 4.17. The maximum atomic E-state index is 4.16. The molecule has 2 heteroatoms. The van der Waals surface area contributed by atoms with Gasteiger partial charge in [0.05, 0.1) is 0 Å². The monoisotopic (exact) mass is 268 g/mol. The maximum absolute atomic E-state index is 4.16. The van der Waals surface area contributed by atoms with E-state index in [4.69, 9.17) is 0 Å². The van der Waals surface area contributed by atoms with Gasteiger partial charge in [0, 0.05) is 18.4 Å². The highest BCUT2D eigenvalue weighted by atomic mass is 14.9. The zero-order chi connectivity index (χ0) is 14.2. The van der Waals surface area contributed by atoms with Crippen LogP contribution in [0.1, 0.15) is 49.4 Å². The predicted molar refractivity (Wildman–Crippen MR) is 84.8 cm³/mol. The number of pyridine rings is 1. The molecule has 1 atom stereocenters. The molecule has 1 heterocycles. The maximum Gasteiger partial charge on any atom is 0.0317 e. The van der Waals surface area contributed by atoms with Crippen molar-refractivity contribution in [1.82, 2.24) is 10.3 Å². The summed E-state index contributed by atoms with van der Waals surface area (Å²) in [6.07, 6.45) is 7.01. The summed E-state index contributed by atoms with van der Waals surface area (Å²) in [4.78, 5) is 4.16. The van der Waals surface area contributed by atoms with E-state index in [2.05, 4.69) is 54.5 Å². The lowest BCUT2D eigenvalue weighted by Gasteiger charge is -2.17. The minimum absolute atomic E-state index is 0.474. The molecule has 0 spiro atoms. The lowest BCUT2D eigenvalue weighted by Crippen LogP contribution is -2.21. The van der Waals surface area contributed by atoms with Crippen molar-refractivity contribution in [3.63, 3.8) is 0 Å². The molecule has 2 aromatic rings. The number of hydrogen-bond acceptors (Lipinski definition) is 2. The summed E-state index contributed by atoms with van der Waals surface area (Å²) in [5, 5.41) is 3.59. The largest absolute Gasteiger partial charge is 0.310 e. The van der Waals surface area contributed by atoms with E-state index in [1.807, 2.05) is 18.5 Å². The van der Waals surface area contributed by atoms with Gasteiger partial charge in [-0.2, -0.15) is 0 Å². The SMILES string of the molecule is CCCNC(CC)c1ccc(Cc2cccnc2)cc1. The van der Waals surface area contributed by atoms with E-state index < -0.39 is 0 Å². The van der Waals surface area contributed by atoms with Crippen molar-refractivity contribution in [3.05, 3.63) is 65.5 Å². The number of nitrogens with zero attached hydrogens (tertiary/aromatic N) is 1. The number of rotatable bonds is 7. The second-order valence-electron chi connectivity index (χ2n) is 5.19. The summed E-state index contributed by atoms with van der Waals surface area (Å²) >= 11 is 0. The van der Waals surface area contributed by atoms with Crippen LogP contribution in [-0.4, -0.2) is 11.5 Å². The van der Waals surface area contributed by atoms with Gasteiger partial charge in [-0.1, -0.05) is 44.2 Å². The highest BCUT2D eigenvalue weighted by molar-refractivity contribution is 5.29. The van der Waals surface area contributed by atoms with Gasteiger partial charge < -0.3 is 5.32 Å². The fourth-order valence-electron chi connectivity index (χ4n) is 2.42. The molecule has 0 aliphatic heterocycles. The van der Waals surface area contributed by atoms with Crippen molar-refractivity contribution in [2.45, 2.75) is 39.2 Å². The Morgan fingerprint density at radius 3 is 2.45 bits per heavy atom. The first-order valence-electron chi connectivity index (χ1n) is 7.54. The Labute approximate surface area is 122 Å². The quantitative estimate of drug-likeness (QED) is 0.817. The molecule has 1 N–H and O–H groups in total. The smallest absolute Gasteiger partial charge is 0.0317 e. The second kappa shape index (κ2) is 7.81. The molecule has 0 saturated carbocycles. The fourth-order valence-corrected chi connectivity index (χ4v) is 2.42. The van der Waals surface area contributed by atoms with Crippen molar-refractivity contribution in [1.29, 1.82) is 0 Å². The summed E-state index contributed by atoms with van der Waals surface area (Å²) in [7, 11) is 0. The van der Waals surface area contributed by atoms with Gasteiger partial charge in [-0.05, 0) is 48.6 Å². The first kappa shape index (κ1) is 14.7. The van der Waals surface area contributed by atoms with Gasteiger partial charge in [-0.25, -0.2) is 0 Å². The van der Waals surface area contributed by atoms with Gasteiger partial charge in [0.25, 0.3) is 0 Å². The van der Waals surface area contributed by atoms with Crippen LogP contribution < -0.4 is 5.32 Å². The van der Waals surface area contributed by atoms with Gasteiger partial charge >= 0.3 is 0 Å². The molecular weight excluding hydrogens is 244 g/mol. The van der Waals surface area contributed by atoms with Crippen LogP contribution in [-0.2, 0) is 6.42 Å². The lowest BCUT2D eigenvalue weighted by molar-refractivity contribution is 0.518. The third-order valence-electron chi connectivity index (χ3n) is 3.56. The second-order valence-corrected chi connectivity index (χ2v) is 5.19. The van der Waals surface area contributed by atoms with Crippen LogP contribution in [0.3, 0.4) is 0 Å². The molecule has 106 valence electrons. The number of hydrogen-bond donors (Lipinski definition) is 1. The highest BCUT2D eigenvalue weighted by Crippen LogP contribution is 2.18. The van der Waals surface area contributed by atoms with Crippen LogP contribution in [0.15, 0.2) is 48.8 Å². The molecule has 0 aliphatic rings. The highest BCUT2D eigenvalue weighted by Gasteiger charge is 2.07. The Hall–Kier alpha value is -1.67. The molecule has 0 aliphatic carbocycles. The summed E-state index contributed by atoms with van der Waals surface area (Å²) in [5.74, 6) is 0. The Balaban J connectivity index is 2.02. The van der Waals surface area contributed by atoms with Crippen LogP contribution in [0.25, 0.3) is 0 Å². The van der Waals surface area contributed by atoms with Crippen LogP contribution in [0.5, 0.6) is 0 Å². The van der Waals surface area contributed by atoms with Crippen molar-refractivity contribution in [3.8, 4) is 0 Å². The molecule has 0 radical (unpaired) electrons. The first-order chi connectivity index (χ1) is 9.83. The Morgan fingerprint density at radius 1 is 1.05 bits per heavy atom. The average Bonchev–Trinajstić information content (AvgIpc) is 2.50. The van der Waals surface area contributed by atoms with Crippen molar-refractivity contribution < 1.29 is 0 Å². The third-order valence-corrected chi connectivity index (χ3v) is 3.56. The molecule has 1 aromatic carbocycles. The van der Waals surface area contributed by atoms with E-state index in [9.17, 15) is 0 Å². The van der Waals surface area contributed by atoms with Crippen LogP contribution in [0.4, 0.5) is 0 Å². The lowest BCUT2D eigenvalue weighted by atomic mass is 10.00. The number of aromatic nitrogens is 1. The zero-order valence-electron chi connectivity index (χ0n) is 12.5. The molecule has 0 fully saturated rings. The fraction of sp³-hybridized carbons (Fsp3) is 0.389. The molecule has 2 rings (SSSR count). The minimum Gasteiger partial charge on any atom is -0.310 e. The summed E-state index contributed by atoms with van der Waals surface area (Å²) in [6.45, 7) is 5.52. The Morgan fingerprint density at radius 2 is 1.85 bits per heavy atom. The molecule has 1 aromatic heterocycles. The Kier molecular flexibility index (Phi) is 5.75. The van der Waals surface area contributed by atoms with E-state index in [-0.39, 0.29) is 0 Å². The van der Waals surface area contributed by atoms with E-state index in [0.717, 1.165) is 19.4 Å². The predicted octanol–water partition coefficient (Wildman–Crippen LogP) is 4.12. The Bertz CT molecular complexity index is 491. The van der Waals surface area contributed by atoms with E-state index in [0.29, 0.717) is 6.04 Å². The van der Waals surface area contributed by atoms with Gasteiger partial charge in [0.2, 0.25) is 0 Å². The summed E-state index contributed by atoms with van der Waals surface area (Å²) in [6, 6.07) is 13.6. The van der Waals surface area contributed by atoms with E-state index >= 15 is 0 Å². The van der Waals surface area contributed by atoms with Gasteiger partial charge in [0.1, 0.15) is 0 Å². The first-order valence-corrected chi connectivity index (χ1v) is 7.54. The average molecular weight is 268 g/mol. The van der Waals surface area contributed by atoms with Crippen molar-refractivity contribution >= 4 is 0 Å². The minimum atomic E-state index is 0.474. The molecule has 0 bridgehead atoms. The van der Waals surface area contributed by atoms with Crippen LogP contribution in [0.2, 0.25) is 0 Å². The van der Waals surface area contributed by atoms with Crippen molar-refractivity contribution in [2.75, 3.05) is 6.54 Å². The molecule has 0 saturated heterocycles. The van der Waals surface area contributed by atoms with E-state index in [1.165, 1.54) is 23.1 Å². The molecule has 20 heavy (non-hydrogen) atoms. The summed E-state index contributed by atoms with van der Waals surface area (Å²) < 4.78 is 0. The van der Waals surface area contributed by atoms with Gasteiger partial charge in [0.15, 0.2) is 0 Å². The molecular formula is C18H24N2.